The minimum absolute atomic E-state index is 0.211. The van der Waals surface area contributed by atoms with Crippen LogP contribution in [0.25, 0.3) is 0 Å². The fourth-order valence-corrected chi connectivity index (χ4v) is 0.407. The number of carbonyl (C=O) groups is 2. The highest BCUT2D eigenvalue weighted by Crippen LogP contribution is 1.70. The summed E-state index contributed by atoms with van der Waals surface area (Å²) in [6.45, 7) is 11.2. The first-order valence-electron chi connectivity index (χ1n) is 5.85. The molecule has 0 saturated heterocycles. The molecule has 6 nitrogen and oxygen atoms in total. The molecule has 0 amide bonds. The largest absolute Gasteiger partial charge is 0.466 e. The minimum atomic E-state index is -0.211. The van der Waals surface area contributed by atoms with E-state index in [2.05, 4.69) is 9.47 Å². The summed E-state index contributed by atoms with van der Waals surface area (Å²) in [6.07, 6.45) is 0. The van der Waals surface area contributed by atoms with E-state index in [0.29, 0.717) is 13.2 Å². The lowest BCUT2D eigenvalue weighted by Crippen LogP contribution is -1.95. The van der Waals surface area contributed by atoms with E-state index < -0.39 is 0 Å². The first kappa shape index (κ1) is 25.6. The average Bonchev–Trinajstić information content (AvgIpc) is 2.20. The lowest BCUT2D eigenvalue weighted by Gasteiger charge is -1.89. The van der Waals surface area contributed by atoms with Crippen LogP contribution in [0.4, 0.5) is 0 Å². The Bertz CT molecular complexity index is 141. The Morgan fingerprint density at radius 1 is 0.778 bits per heavy atom. The Balaban J connectivity index is -0.0000000770. The molecule has 0 aromatic rings. The van der Waals surface area contributed by atoms with Crippen LogP contribution in [0.3, 0.4) is 0 Å². The topological polar surface area (TPSA) is 93.1 Å². The first-order valence-corrected chi connectivity index (χ1v) is 5.85. The standard InChI is InChI=1S/2C4H8O2.2C2H6O/c2*1-3-6-4(2)5;2*1-2-3/h2*3H2,1-2H3;2*3H,2H2,1H3. The summed E-state index contributed by atoms with van der Waals surface area (Å²) in [7, 11) is 0. The average molecular weight is 268 g/mol. The summed E-state index contributed by atoms with van der Waals surface area (Å²) in [5.41, 5.74) is 0. The van der Waals surface area contributed by atoms with Crippen molar-refractivity contribution in [2.75, 3.05) is 26.4 Å². The van der Waals surface area contributed by atoms with Gasteiger partial charge in [-0.3, -0.25) is 9.59 Å². The Kier molecular flexibility index (Phi) is 42.3. The van der Waals surface area contributed by atoms with Crippen molar-refractivity contribution in [3.05, 3.63) is 0 Å². The van der Waals surface area contributed by atoms with Gasteiger partial charge in [-0.25, -0.2) is 0 Å². The number of ether oxygens (including phenoxy) is 2. The van der Waals surface area contributed by atoms with Crippen LogP contribution < -0.4 is 0 Å². The van der Waals surface area contributed by atoms with Gasteiger partial charge in [0.25, 0.3) is 0 Å². The van der Waals surface area contributed by atoms with E-state index in [4.69, 9.17) is 10.2 Å². The summed E-state index contributed by atoms with van der Waals surface area (Å²) in [5.74, 6) is -0.421. The van der Waals surface area contributed by atoms with Gasteiger partial charge in [0.1, 0.15) is 0 Å². The normalized spacial score (nSPS) is 7.11. The zero-order valence-electron chi connectivity index (χ0n) is 12.4. The number of esters is 2. The molecule has 0 fully saturated rings. The fourth-order valence-electron chi connectivity index (χ4n) is 0.407. The second-order valence-electron chi connectivity index (χ2n) is 2.48. The molecule has 0 spiro atoms. The lowest BCUT2D eigenvalue weighted by atomic mass is 10.8. The van der Waals surface area contributed by atoms with Gasteiger partial charge < -0.3 is 19.7 Å². The molecule has 2 N–H and O–H groups in total. The highest BCUT2D eigenvalue weighted by molar-refractivity contribution is 5.66. The SMILES string of the molecule is CCO.CCO.CCOC(C)=O.CCOC(C)=O. The van der Waals surface area contributed by atoms with Gasteiger partial charge in [0, 0.05) is 27.1 Å². The molecule has 0 heterocycles. The van der Waals surface area contributed by atoms with Crippen LogP contribution in [-0.2, 0) is 19.1 Å². The molecular formula is C12H28O6. The van der Waals surface area contributed by atoms with Crippen LogP contribution in [0.1, 0.15) is 41.5 Å². The van der Waals surface area contributed by atoms with E-state index in [0.717, 1.165) is 0 Å². The van der Waals surface area contributed by atoms with Gasteiger partial charge in [-0.2, -0.15) is 0 Å². The number of hydrogen-bond acceptors (Lipinski definition) is 6. The quantitative estimate of drug-likeness (QED) is 0.729. The number of rotatable bonds is 2. The van der Waals surface area contributed by atoms with Gasteiger partial charge in [-0.15, -0.1) is 0 Å². The van der Waals surface area contributed by atoms with Crippen LogP contribution in [0, 0.1) is 0 Å². The monoisotopic (exact) mass is 268 g/mol. The molecule has 0 aliphatic rings. The number of hydrogen-bond donors (Lipinski definition) is 2. The van der Waals surface area contributed by atoms with Crippen molar-refractivity contribution in [1.29, 1.82) is 0 Å². The van der Waals surface area contributed by atoms with Gasteiger partial charge >= 0.3 is 11.9 Å². The Labute approximate surface area is 110 Å². The van der Waals surface area contributed by atoms with E-state index in [1.54, 1.807) is 27.7 Å². The molecule has 0 bridgehead atoms. The summed E-state index contributed by atoms with van der Waals surface area (Å²) in [4.78, 5) is 19.6. The van der Waals surface area contributed by atoms with Crippen LogP contribution >= 0.6 is 0 Å². The van der Waals surface area contributed by atoms with Crippen molar-refractivity contribution in [1.82, 2.24) is 0 Å². The molecule has 0 saturated carbocycles. The van der Waals surface area contributed by atoms with Gasteiger partial charge in [-0.1, -0.05) is 0 Å². The van der Waals surface area contributed by atoms with Crippen molar-refractivity contribution >= 4 is 11.9 Å². The van der Waals surface area contributed by atoms with Crippen LogP contribution in [0.5, 0.6) is 0 Å². The predicted molar refractivity (Wildman–Crippen MR) is 70.1 cm³/mol. The number of aliphatic hydroxyl groups is 2. The molecule has 0 atom stereocenters. The molecule has 112 valence electrons. The van der Waals surface area contributed by atoms with E-state index in [1.807, 2.05) is 0 Å². The number of carbonyl (C=O) groups excluding carboxylic acids is 2. The second kappa shape index (κ2) is 29.7. The minimum Gasteiger partial charge on any atom is -0.466 e. The van der Waals surface area contributed by atoms with Crippen molar-refractivity contribution in [2.45, 2.75) is 41.5 Å². The van der Waals surface area contributed by atoms with Gasteiger partial charge in [0.15, 0.2) is 0 Å². The molecule has 18 heavy (non-hydrogen) atoms. The third-order valence-electron chi connectivity index (χ3n) is 0.695. The second-order valence-corrected chi connectivity index (χ2v) is 2.48. The van der Waals surface area contributed by atoms with E-state index in [9.17, 15) is 9.59 Å². The van der Waals surface area contributed by atoms with E-state index in [-0.39, 0.29) is 25.2 Å². The van der Waals surface area contributed by atoms with Crippen LogP contribution in [0.2, 0.25) is 0 Å². The van der Waals surface area contributed by atoms with Crippen molar-refractivity contribution < 1.29 is 29.3 Å². The summed E-state index contributed by atoms with van der Waals surface area (Å²) >= 11 is 0. The highest BCUT2D eigenvalue weighted by Gasteiger charge is 1.82. The van der Waals surface area contributed by atoms with E-state index in [1.165, 1.54) is 13.8 Å². The van der Waals surface area contributed by atoms with Crippen LogP contribution in [-0.4, -0.2) is 48.6 Å². The van der Waals surface area contributed by atoms with Crippen LogP contribution in [0.15, 0.2) is 0 Å². The highest BCUT2D eigenvalue weighted by atomic mass is 16.5. The molecule has 0 rings (SSSR count). The van der Waals surface area contributed by atoms with E-state index >= 15 is 0 Å². The number of aliphatic hydroxyl groups excluding tert-OH is 2. The maximum atomic E-state index is 9.82. The molecule has 0 aliphatic carbocycles. The third-order valence-corrected chi connectivity index (χ3v) is 0.695. The van der Waals surface area contributed by atoms with Gasteiger partial charge in [0.2, 0.25) is 0 Å². The zero-order valence-corrected chi connectivity index (χ0v) is 12.4. The maximum Gasteiger partial charge on any atom is 0.302 e. The third kappa shape index (κ3) is 121. The first-order chi connectivity index (χ1) is 8.37. The molecule has 6 heteroatoms. The fraction of sp³-hybridized carbons (Fsp3) is 0.833. The summed E-state index contributed by atoms with van der Waals surface area (Å²) in [6, 6.07) is 0. The smallest absolute Gasteiger partial charge is 0.302 e. The zero-order chi connectivity index (χ0) is 15.4. The summed E-state index contributed by atoms with van der Waals surface area (Å²) in [5, 5.41) is 15.1. The maximum absolute atomic E-state index is 9.82. The Morgan fingerprint density at radius 2 is 0.944 bits per heavy atom. The van der Waals surface area contributed by atoms with Gasteiger partial charge in [-0.05, 0) is 27.7 Å². The molecular weight excluding hydrogens is 240 g/mol. The van der Waals surface area contributed by atoms with Crippen molar-refractivity contribution in [3.63, 3.8) is 0 Å². The van der Waals surface area contributed by atoms with Crippen molar-refractivity contribution in [2.24, 2.45) is 0 Å². The molecule has 0 aromatic carbocycles. The lowest BCUT2D eigenvalue weighted by molar-refractivity contribution is -0.141. The molecule has 0 aliphatic heterocycles. The Hall–Kier alpha value is -1.14. The molecule has 0 radical (unpaired) electrons. The molecule has 0 unspecified atom stereocenters. The van der Waals surface area contributed by atoms with Crippen molar-refractivity contribution in [3.8, 4) is 0 Å². The molecule has 0 aromatic heterocycles. The van der Waals surface area contributed by atoms with Gasteiger partial charge in [0.05, 0.1) is 13.2 Å². The summed E-state index contributed by atoms with van der Waals surface area (Å²) < 4.78 is 8.81. The predicted octanol–water partition coefficient (Wildman–Crippen LogP) is 1.14. The Morgan fingerprint density at radius 3 is 0.944 bits per heavy atom.